The van der Waals surface area contributed by atoms with Crippen LogP contribution in [0.3, 0.4) is 0 Å². The second kappa shape index (κ2) is 8.93. The van der Waals surface area contributed by atoms with Gasteiger partial charge in [0.15, 0.2) is 18.1 Å². The lowest BCUT2D eigenvalue weighted by Crippen LogP contribution is -2.30. The Bertz CT molecular complexity index is 852. The van der Waals surface area contributed by atoms with Crippen LogP contribution in [-0.2, 0) is 11.3 Å². The molecular weight excluding hydrogens is 350 g/mol. The second-order valence-electron chi connectivity index (χ2n) is 5.94. The van der Waals surface area contributed by atoms with Crippen LogP contribution in [0.4, 0.5) is 0 Å². The highest BCUT2D eigenvalue weighted by atomic mass is 16.5. The fraction of sp³-hybridized carbons (Fsp3) is 0.300. The highest BCUT2D eigenvalue weighted by Crippen LogP contribution is 2.28. The maximum absolute atomic E-state index is 12.3. The predicted octanol–water partition coefficient (Wildman–Crippen LogP) is 3.37. The molecule has 2 rings (SSSR count). The number of likely N-dealkylation sites (N-methyl/N-ethyl adjacent to an activating group) is 1. The normalized spacial score (nSPS) is 10.8. The van der Waals surface area contributed by atoms with Crippen molar-refractivity contribution in [2.75, 3.05) is 20.8 Å². The van der Waals surface area contributed by atoms with Crippen molar-refractivity contribution in [3.63, 3.8) is 0 Å². The van der Waals surface area contributed by atoms with Crippen LogP contribution in [0.25, 0.3) is 6.08 Å². The highest BCUT2D eigenvalue weighted by Gasteiger charge is 2.17. The molecule has 0 saturated carbocycles. The number of methoxy groups -OCH3 is 1. The first kappa shape index (κ1) is 20.1. The number of aromatic carboxylic acids is 1. The largest absolute Gasteiger partial charge is 0.493 e. The number of carbonyl (C=O) groups excluding carboxylic acids is 1. The van der Waals surface area contributed by atoms with Gasteiger partial charge in [-0.05, 0) is 37.6 Å². The number of carboxylic acids is 1. The number of nitrogens with zero attached hydrogens (tertiary/aromatic N) is 1. The van der Waals surface area contributed by atoms with Gasteiger partial charge in [0.1, 0.15) is 17.1 Å². The zero-order chi connectivity index (χ0) is 20.0. The standard InChI is InChI=1S/C20H23NO6/c1-5-6-14-7-8-17(18(9-14)25-4)26-12-19(22)21(3)11-15-10-16(20(23)24)13(2)27-15/h5-10H,11-12H2,1-4H3,(H,23,24)/b6-5+. The molecule has 1 amide bonds. The zero-order valence-electron chi connectivity index (χ0n) is 15.8. The highest BCUT2D eigenvalue weighted by molar-refractivity contribution is 5.88. The number of furan rings is 1. The maximum atomic E-state index is 12.3. The van der Waals surface area contributed by atoms with Crippen molar-refractivity contribution in [1.82, 2.24) is 4.90 Å². The summed E-state index contributed by atoms with van der Waals surface area (Å²) < 4.78 is 16.3. The van der Waals surface area contributed by atoms with E-state index in [4.69, 9.17) is 19.0 Å². The number of carbonyl (C=O) groups is 2. The Hall–Kier alpha value is -3.22. The topological polar surface area (TPSA) is 89.2 Å². The van der Waals surface area contributed by atoms with Crippen LogP contribution in [0.15, 0.2) is 34.8 Å². The lowest BCUT2D eigenvalue weighted by atomic mass is 10.2. The van der Waals surface area contributed by atoms with Crippen LogP contribution in [-0.4, -0.2) is 42.6 Å². The summed E-state index contributed by atoms with van der Waals surface area (Å²) in [6.07, 6.45) is 3.85. The number of aryl methyl sites for hydroxylation is 1. The van der Waals surface area contributed by atoms with E-state index in [9.17, 15) is 9.59 Å². The Morgan fingerprint density at radius 3 is 2.59 bits per heavy atom. The van der Waals surface area contributed by atoms with Gasteiger partial charge in [-0.3, -0.25) is 4.79 Å². The van der Waals surface area contributed by atoms with Gasteiger partial charge in [0.05, 0.1) is 13.7 Å². The average Bonchev–Trinajstić information content (AvgIpc) is 3.00. The SMILES string of the molecule is C/C=C/c1ccc(OCC(=O)N(C)Cc2cc(C(=O)O)c(C)o2)c(OC)c1. The lowest BCUT2D eigenvalue weighted by molar-refractivity contribution is -0.132. The molecule has 7 heteroatoms. The van der Waals surface area contributed by atoms with Gasteiger partial charge >= 0.3 is 5.97 Å². The molecule has 0 radical (unpaired) electrons. The summed E-state index contributed by atoms with van der Waals surface area (Å²) in [6.45, 7) is 3.46. The van der Waals surface area contributed by atoms with Crippen molar-refractivity contribution in [2.24, 2.45) is 0 Å². The van der Waals surface area contributed by atoms with Crippen molar-refractivity contribution >= 4 is 18.0 Å². The Labute approximate surface area is 157 Å². The molecule has 0 aliphatic rings. The molecule has 0 saturated heterocycles. The first-order valence-corrected chi connectivity index (χ1v) is 8.35. The van der Waals surface area contributed by atoms with E-state index in [1.165, 1.54) is 18.1 Å². The molecule has 0 fully saturated rings. The lowest BCUT2D eigenvalue weighted by Gasteiger charge is -2.17. The number of amides is 1. The molecule has 1 N–H and O–H groups in total. The van der Waals surface area contributed by atoms with E-state index in [0.717, 1.165) is 5.56 Å². The minimum atomic E-state index is -1.06. The molecule has 1 aromatic carbocycles. The van der Waals surface area contributed by atoms with E-state index in [-0.39, 0.29) is 24.6 Å². The fourth-order valence-electron chi connectivity index (χ4n) is 2.51. The number of rotatable bonds is 8. The Kier molecular flexibility index (Phi) is 6.65. The minimum absolute atomic E-state index is 0.0908. The molecule has 0 aliphatic heterocycles. The molecule has 1 heterocycles. The third kappa shape index (κ3) is 5.13. The molecule has 0 atom stereocenters. The monoisotopic (exact) mass is 373 g/mol. The summed E-state index contributed by atoms with van der Waals surface area (Å²) in [5, 5.41) is 9.06. The van der Waals surface area contributed by atoms with Crippen LogP contribution < -0.4 is 9.47 Å². The van der Waals surface area contributed by atoms with E-state index in [1.54, 1.807) is 20.0 Å². The van der Waals surface area contributed by atoms with Gasteiger partial charge < -0.3 is 23.9 Å². The van der Waals surface area contributed by atoms with Crippen LogP contribution in [0, 0.1) is 6.92 Å². The molecule has 2 aromatic rings. The van der Waals surface area contributed by atoms with Crippen molar-refractivity contribution < 1.29 is 28.6 Å². The molecule has 27 heavy (non-hydrogen) atoms. The number of allylic oxidation sites excluding steroid dienone is 1. The summed E-state index contributed by atoms with van der Waals surface area (Å²) in [4.78, 5) is 24.8. The summed E-state index contributed by atoms with van der Waals surface area (Å²) in [6, 6.07) is 6.86. The first-order chi connectivity index (χ1) is 12.8. The average molecular weight is 373 g/mol. The molecule has 0 bridgehead atoms. The van der Waals surface area contributed by atoms with E-state index < -0.39 is 5.97 Å². The van der Waals surface area contributed by atoms with Crippen molar-refractivity contribution in [1.29, 1.82) is 0 Å². The number of carboxylic acid groups (broad SMARTS) is 1. The van der Waals surface area contributed by atoms with E-state index in [1.807, 2.05) is 31.2 Å². The molecular formula is C20H23NO6. The van der Waals surface area contributed by atoms with Crippen LogP contribution >= 0.6 is 0 Å². The predicted molar refractivity (Wildman–Crippen MR) is 100 cm³/mol. The Balaban J connectivity index is 1.99. The van der Waals surface area contributed by atoms with Crippen LogP contribution in [0.1, 0.15) is 34.4 Å². The molecule has 0 aliphatic carbocycles. The van der Waals surface area contributed by atoms with Crippen molar-refractivity contribution in [3.05, 3.63) is 53.0 Å². The quantitative estimate of drug-likeness (QED) is 0.763. The van der Waals surface area contributed by atoms with E-state index in [0.29, 0.717) is 23.0 Å². The second-order valence-corrected chi connectivity index (χ2v) is 5.94. The summed E-state index contributed by atoms with van der Waals surface area (Å²) in [7, 11) is 3.13. The summed E-state index contributed by atoms with van der Waals surface area (Å²) in [5.74, 6) is 0.367. The third-order valence-electron chi connectivity index (χ3n) is 3.92. The zero-order valence-corrected chi connectivity index (χ0v) is 15.8. The Morgan fingerprint density at radius 2 is 2.00 bits per heavy atom. The van der Waals surface area contributed by atoms with Gasteiger partial charge in [-0.2, -0.15) is 0 Å². The van der Waals surface area contributed by atoms with Crippen LogP contribution in [0.5, 0.6) is 11.5 Å². The summed E-state index contributed by atoms with van der Waals surface area (Å²) in [5.41, 5.74) is 1.06. The van der Waals surface area contributed by atoms with Crippen molar-refractivity contribution in [2.45, 2.75) is 20.4 Å². The molecule has 1 aromatic heterocycles. The Morgan fingerprint density at radius 1 is 1.26 bits per heavy atom. The number of hydrogen-bond donors (Lipinski definition) is 1. The van der Waals surface area contributed by atoms with E-state index in [2.05, 4.69) is 0 Å². The first-order valence-electron chi connectivity index (χ1n) is 8.35. The van der Waals surface area contributed by atoms with Gasteiger partial charge in [-0.15, -0.1) is 0 Å². The smallest absolute Gasteiger partial charge is 0.339 e. The third-order valence-corrected chi connectivity index (χ3v) is 3.92. The number of benzene rings is 1. The number of hydrogen-bond acceptors (Lipinski definition) is 5. The fourth-order valence-corrected chi connectivity index (χ4v) is 2.51. The van der Waals surface area contributed by atoms with E-state index >= 15 is 0 Å². The molecule has 0 spiro atoms. The number of ether oxygens (including phenoxy) is 2. The maximum Gasteiger partial charge on any atom is 0.339 e. The van der Waals surface area contributed by atoms with Gasteiger partial charge in [-0.1, -0.05) is 18.2 Å². The summed E-state index contributed by atoms with van der Waals surface area (Å²) >= 11 is 0. The molecule has 144 valence electrons. The van der Waals surface area contributed by atoms with Gasteiger partial charge in [-0.25, -0.2) is 4.79 Å². The molecule has 0 unspecified atom stereocenters. The minimum Gasteiger partial charge on any atom is -0.493 e. The van der Waals surface area contributed by atoms with Crippen LogP contribution in [0.2, 0.25) is 0 Å². The molecule has 7 nitrogen and oxygen atoms in total. The van der Waals surface area contributed by atoms with Gasteiger partial charge in [0.2, 0.25) is 0 Å². The van der Waals surface area contributed by atoms with Gasteiger partial charge in [0, 0.05) is 7.05 Å². The van der Waals surface area contributed by atoms with Crippen molar-refractivity contribution in [3.8, 4) is 11.5 Å². The van der Waals surface area contributed by atoms with Gasteiger partial charge in [0.25, 0.3) is 5.91 Å².